The van der Waals surface area contributed by atoms with Crippen molar-refractivity contribution in [3.05, 3.63) is 59.8 Å². The molecule has 21 heavy (non-hydrogen) atoms. The lowest BCUT2D eigenvalue weighted by Gasteiger charge is -2.38. The molecule has 2 heterocycles. The molecule has 4 nitrogen and oxygen atoms in total. The molecule has 5 heteroatoms. The third kappa shape index (κ3) is 2.69. The number of furan rings is 1. The summed E-state index contributed by atoms with van der Waals surface area (Å²) in [6.45, 7) is 0.819. The standard InChI is InChI=1S/C16H16FNO3/c17-13-4-1-3-12(11-13)16(20)6-8-18(9-7-16)15(19)14-5-2-10-21-14/h1-5,10-11,20H,6-9H2. The van der Waals surface area contributed by atoms with Crippen LogP contribution in [0.25, 0.3) is 0 Å². The molecule has 1 aliphatic heterocycles. The lowest BCUT2D eigenvalue weighted by atomic mass is 9.84. The number of nitrogens with zero attached hydrogens (tertiary/aromatic N) is 1. The van der Waals surface area contributed by atoms with Gasteiger partial charge in [-0.25, -0.2) is 4.39 Å². The molecule has 110 valence electrons. The average molecular weight is 289 g/mol. The van der Waals surface area contributed by atoms with E-state index in [0.29, 0.717) is 37.3 Å². The van der Waals surface area contributed by atoms with Crippen molar-refractivity contribution in [2.24, 2.45) is 0 Å². The maximum atomic E-state index is 13.3. The molecule has 0 aliphatic carbocycles. The maximum Gasteiger partial charge on any atom is 0.289 e. The molecule has 0 atom stereocenters. The minimum absolute atomic E-state index is 0.179. The number of halogens is 1. The van der Waals surface area contributed by atoms with E-state index in [1.165, 1.54) is 18.4 Å². The predicted octanol–water partition coefficient (Wildman–Crippen LogP) is 2.54. The molecule has 1 saturated heterocycles. The first-order valence-corrected chi connectivity index (χ1v) is 6.90. The van der Waals surface area contributed by atoms with Gasteiger partial charge in [0.2, 0.25) is 0 Å². The molecule has 2 aromatic rings. The van der Waals surface area contributed by atoms with Gasteiger partial charge in [-0.05, 0) is 42.7 Å². The topological polar surface area (TPSA) is 53.7 Å². The second kappa shape index (κ2) is 5.33. The number of rotatable bonds is 2. The quantitative estimate of drug-likeness (QED) is 0.924. The third-order valence-electron chi connectivity index (χ3n) is 3.97. The highest BCUT2D eigenvalue weighted by atomic mass is 19.1. The van der Waals surface area contributed by atoms with Crippen molar-refractivity contribution in [1.82, 2.24) is 4.90 Å². The van der Waals surface area contributed by atoms with Crippen molar-refractivity contribution in [1.29, 1.82) is 0 Å². The Morgan fingerprint density at radius 1 is 1.24 bits per heavy atom. The van der Waals surface area contributed by atoms with Gasteiger partial charge < -0.3 is 14.4 Å². The van der Waals surface area contributed by atoms with Gasteiger partial charge in [0, 0.05) is 13.1 Å². The first-order valence-electron chi connectivity index (χ1n) is 6.90. The molecule has 1 aliphatic rings. The summed E-state index contributed by atoms with van der Waals surface area (Å²) in [5.74, 6) is -0.248. The van der Waals surface area contributed by atoms with Gasteiger partial charge in [-0.3, -0.25) is 4.79 Å². The summed E-state index contributed by atoms with van der Waals surface area (Å²) >= 11 is 0. The minimum atomic E-state index is -1.08. The smallest absolute Gasteiger partial charge is 0.289 e. The first-order chi connectivity index (χ1) is 10.1. The Hall–Kier alpha value is -2.14. The van der Waals surface area contributed by atoms with Gasteiger partial charge in [-0.1, -0.05) is 12.1 Å². The van der Waals surface area contributed by atoms with Crippen LogP contribution in [-0.4, -0.2) is 29.0 Å². The number of amides is 1. The fourth-order valence-corrected chi connectivity index (χ4v) is 2.70. The van der Waals surface area contributed by atoms with Crippen LogP contribution in [-0.2, 0) is 5.60 Å². The number of aliphatic hydroxyl groups is 1. The Balaban J connectivity index is 1.71. The van der Waals surface area contributed by atoms with E-state index < -0.39 is 5.60 Å². The van der Waals surface area contributed by atoms with Gasteiger partial charge >= 0.3 is 0 Å². The van der Waals surface area contributed by atoms with Gasteiger partial charge in [-0.2, -0.15) is 0 Å². The second-order valence-corrected chi connectivity index (χ2v) is 5.31. The van der Waals surface area contributed by atoms with Crippen LogP contribution in [0.2, 0.25) is 0 Å². The molecule has 0 saturated carbocycles. The van der Waals surface area contributed by atoms with E-state index in [9.17, 15) is 14.3 Å². The van der Waals surface area contributed by atoms with E-state index in [1.54, 1.807) is 29.2 Å². The number of likely N-dealkylation sites (tertiary alicyclic amines) is 1. The van der Waals surface area contributed by atoms with Crippen molar-refractivity contribution in [2.45, 2.75) is 18.4 Å². The van der Waals surface area contributed by atoms with Crippen LogP contribution in [0.5, 0.6) is 0 Å². The molecule has 0 radical (unpaired) electrons. The molecule has 0 unspecified atom stereocenters. The third-order valence-corrected chi connectivity index (χ3v) is 3.97. The molecule has 1 aromatic heterocycles. The molecular weight excluding hydrogens is 273 g/mol. The Bertz CT molecular complexity index is 631. The highest BCUT2D eigenvalue weighted by Gasteiger charge is 2.36. The molecular formula is C16H16FNO3. The zero-order valence-electron chi connectivity index (χ0n) is 11.5. The average Bonchev–Trinajstić information content (AvgIpc) is 3.02. The highest BCUT2D eigenvalue weighted by molar-refractivity contribution is 5.91. The van der Waals surface area contributed by atoms with Crippen LogP contribution in [0.15, 0.2) is 47.1 Å². The molecule has 1 aromatic carbocycles. The van der Waals surface area contributed by atoms with Gasteiger partial charge in [0.25, 0.3) is 5.91 Å². The lowest BCUT2D eigenvalue weighted by molar-refractivity contribution is -0.0219. The normalized spacial score (nSPS) is 17.7. The molecule has 0 bridgehead atoms. The second-order valence-electron chi connectivity index (χ2n) is 5.31. The molecule has 1 N–H and O–H groups in total. The van der Waals surface area contributed by atoms with Crippen molar-refractivity contribution >= 4 is 5.91 Å². The van der Waals surface area contributed by atoms with Crippen LogP contribution in [0, 0.1) is 5.82 Å². The summed E-state index contributed by atoms with van der Waals surface area (Å²) in [4.78, 5) is 13.8. The Morgan fingerprint density at radius 3 is 2.62 bits per heavy atom. The van der Waals surface area contributed by atoms with E-state index in [0.717, 1.165) is 0 Å². The highest BCUT2D eigenvalue weighted by Crippen LogP contribution is 2.33. The molecule has 0 spiro atoms. The fourth-order valence-electron chi connectivity index (χ4n) is 2.70. The molecule has 3 rings (SSSR count). The zero-order chi connectivity index (χ0) is 14.9. The van der Waals surface area contributed by atoms with Crippen molar-refractivity contribution < 1.29 is 18.7 Å². The first kappa shape index (κ1) is 13.8. The van der Waals surface area contributed by atoms with E-state index in [2.05, 4.69) is 0 Å². The molecule has 1 fully saturated rings. The van der Waals surface area contributed by atoms with E-state index in [4.69, 9.17) is 4.42 Å². The minimum Gasteiger partial charge on any atom is -0.459 e. The number of carbonyl (C=O) groups is 1. The van der Waals surface area contributed by atoms with E-state index in [-0.39, 0.29) is 11.7 Å². The summed E-state index contributed by atoms with van der Waals surface area (Å²) in [6.07, 6.45) is 2.21. The SMILES string of the molecule is O=C(c1ccco1)N1CCC(O)(c2cccc(F)c2)CC1. The Kier molecular flexibility index (Phi) is 3.51. The van der Waals surface area contributed by atoms with Gasteiger partial charge in [0.05, 0.1) is 11.9 Å². The van der Waals surface area contributed by atoms with Crippen LogP contribution in [0.1, 0.15) is 29.0 Å². The van der Waals surface area contributed by atoms with Crippen molar-refractivity contribution in [3.63, 3.8) is 0 Å². The van der Waals surface area contributed by atoms with Crippen LogP contribution in [0.4, 0.5) is 4.39 Å². The summed E-state index contributed by atoms with van der Waals surface area (Å²) in [5.41, 5.74) is -0.519. The number of hydrogen-bond acceptors (Lipinski definition) is 3. The fraction of sp³-hybridized carbons (Fsp3) is 0.312. The van der Waals surface area contributed by atoms with Crippen molar-refractivity contribution in [3.8, 4) is 0 Å². The Morgan fingerprint density at radius 2 is 2.00 bits per heavy atom. The molecule has 1 amide bonds. The van der Waals surface area contributed by atoms with Gasteiger partial charge in [0.15, 0.2) is 5.76 Å². The number of benzene rings is 1. The number of carbonyl (C=O) groups excluding carboxylic acids is 1. The van der Waals surface area contributed by atoms with E-state index in [1.807, 2.05) is 0 Å². The van der Waals surface area contributed by atoms with Gasteiger partial charge in [0.1, 0.15) is 5.82 Å². The summed E-state index contributed by atoms with van der Waals surface area (Å²) in [5, 5.41) is 10.7. The zero-order valence-corrected chi connectivity index (χ0v) is 11.5. The summed E-state index contributed by atoms with van der Waals surface area (Å²) in [7, 11) is 0. The largest absolute Gasteiger partial charge is 0.459 e. The van der Waals surface area contributed by atoms with Crippen LogP contribution >= 0.6 is 0 Å². The van der Waals surface area contributed by atoms with E-state index >= 15 is 0 Å². The maximum absolute atomic E-state index is 13.3. The van der Waals surface area contributed by atoms with Crippen LogP contribution < -0.4 is 0 Å². The number of hydrogen-bond donors (Lipinski definition) is 1. The van der Waals surface area contributed by atoms with Gasteiger partial charge in [-0.15, -0.1) is 0 Å². The Labute approximate surface area is 121 Å². The summed E-state index contributed by atoms with van der Waals surface area (Å²) in [6, 6.07) is 9.29. The monoisotopic (exact) mass is 289 g/mol. The van der Waals surface area contributed by atoms with Crippen molar-refractivity contribution in [2.75, 3.05) is 13.1 Å². The lowest BCUT2D eigenvalue weighted by Crippen LogP contribution is -2.45. The summed E-state index contributed by atoms with van der Waals surface area (Å²) < 4.78 is 18.4. The number of piperidine rings is 1. The van der Waals surface area contributed by atoms with Crippen LogP contribution in [0.3, 0.4) is 0 Å². The predicted molar refractivity (Wildman–Crippen MR) is 74.1 cm³/mol.